The average molecular weight is 199 g/mol. The van der Waals surface area contributed by atoms with Gasteiger partial charge in [0.1, 0.15) is 0 Å². The van der Waals surface area contributed by atoms with Gasteiger partial charge in [0.15, 0.2) is 0 Å². The monoisotopic (exact) mass is 198 g/mol. The third kappa shape index (κ3) is 4.81. The number of hydrazone groups is 1. The summed E-state index contributed by atoms with van der Waals surface area (Å²) >= 11 is 0. The van der Waals surface area contributed by atoms with E-state index in [9.17, 15) is 0 Å². The van der Waals surface area contributed by atoms with E-state index in [0.29, 0.717) is 0 Å². The molecule has 70 valence electrons. The zero-order valence-corrected chi connectivity index (χ0v) is 7.71. The van der Waals surface area contributed by atoms with Crippen molar-refractivity contribution in [1.82, 2.24) is 5.43 Å². The fourth-order valence-electron chi connectivity index (χ4n) is 0.715. The first-order valence-corrected chi connectivity index (χ1v) is 3.47. The molecule has 0 heterocycles. The quantitative estimate of drug-likeness (QED) is 0.376. The Balaban J connectivity index is 0.00000144. The normalized spacial score (nSPS) is 9.23. The topological polar surface area (TPSA) is 74.3 Å². The van der Waals surface area contributed by atoms with Crippen molar-refractivity contribution in [1.29, 1.82) is 5.41 Å². The van der Waals surface area contributed by atoms with Gasteiger partial charge in [-0.1, -0.05) is 30.3 Å². The van der Waals surface area contributed by atoms with Crippen LogP contribution in [0.1, 0.15) is 5.56 Å². The number of hydrogen-bond acceptors (Lipinski definition) is 2. The molecule has 0 unspecified atom stereocenters. The highest BCUT2D eigenvalue weighted by Crippen LogP contribution is 1.92. The van der Waals surface area contributed by atoms with E-state index in [0.717, 1.165) is 5.56 Å². The number of benzene rings is 1. The lowest BCUT2D eigenvalue weighted by molar-refractivity contribution is 1.00. The van der Waals surface area contributed by atoms with Gasteiger partial charge in [-0.3, -0.25) is 5.41 Å². The summed E-state index contributed by atoms with van der Waals surface area (Å²) in [6.45, 7) is 0. The summed E-state index contributed by atoms with van der Waals surface area (Å²) in [5, 5.41) is 10.5. The van der Waals surface area contributed by atoms with Gasteiger partial charge < -0.3 is 5.73 Å². The van der Waals surface area contributed by atoms with Crippen molar-refractivity contribution in [3.63, 3.8) is 0 Å². The van der Waals surface area contributed by atoms with Gasteiger partial charge in [-0.05, 0) is 5.56 Å². The van der Waals surface area contributed by atoms with Gasteiger partial charge in [-0.15, -0.1) is 12.4 Å². The van der Waals surface area contributed by atoms with Crippen LogP contribution in [-0.2, 0) is 0 Å². The third-order valence-corrected chi connectivity index (χ3v) is 1.20. The van der Waals surface area contributed by atoms with Crippen LogP contribution in [0.3, 0.4) is 0 Å². The van der Waals surface area contributed by atoms with E-state index in [-0.39, 0.29) is 18.4 Å². The maximum absolute atomic E-state index is 6.81. The van der Waals surface area contributed by atoms with E-state index < -0.39 is 0 Å². The van der Waals surface area contributed by atoms with Crippen LogP contribution < -0.4 is 11.2 Å². The highest BCUT2D eigenvalue weighted by molar-refractivity contribution is 5.85. The molecule has 0 aliphatic heterocycles. The second kappa shape index (κ2) is 6.02. The van der Waals surface area contributed by atoms with Crippen molar-refractivity contribution in [2.45, 2.75) is 0 Å². The summed E-state index contributed by atoms with van der Waals surface area (Å²) in [5.74, 6) is -0.165. The molecular formula is C8H11ClN4. The second-order valence-electron chi connectivity index (χ2n) is 2.19. The highest BCUT2D eigenvalue weighted by Gasteiger charge is 1.83. The van der Waals surface area contributed by atoms with E-state index >= 15 is 0 Å². The molecular weight excluding hydrogens is 188 g/mol. The van der Waals surface area contributed by atoms with Crippen LogP contribution in [0.15, 0.2) is 35.4 Å². The molecule has 0 radical (unpaired) electrons. The number of nitrogens with two attached hydrogens (primary N) is 1. The lowest BCUT2D eigenvalue weighted by Gasteiger charge is -1.93. The Bertz CT molecular complexity index is 283. The molecule has 0 fully saturated rings. The predicted octanol–water partition coefficient (Wildman–Crippen LogP) is 0.925. The Labute approximate surface area is 82.8 Å². The largest absolute Gasteiger partial charge is 0.369 e. The summed E-state index contributed by atoms with van der Waals surface area (Å²) in [5.41, 5.74) is 8.30. The van der Waals surface area contributed by atoms with E-state index in [1.54, 1.807) is 6.21 Å². The number of nitrogens with zero attached hydrogens (tertiary/aromatic N) is 1. The van der Waals surface area contributed by atoms with Crippen molar-refractivity contribution in [3.05, 3.63) is 35.9 Å². The summed E-state index contributed by atoms with van der Waals surface area (Å²) in [6.07, 6.45) is 1.60. The van der Waals surface area contributed by atoms with Crippen LogP contribution >= 0.6 is 12.4 Å². The van der Waals surface area contributed by atoms with Gasteiger partial charge in [-0.25, -0.2) is 5.43 Å². The second-order valence-corrected chi connectivity index (χ2v) is 2.19. The molecule has 13 heavy (non-hydrogen) atoms. The Hall–Kier alpha value is -1.55. The van der Waals surface area contributed by atoms with Crippen LogP contribution in [0.5, 0.6) is 0 Å². The van der Waals surface area contributed by atoms with Gasteiger partial charge in [0.25, 0.3) is 0 Å². The summed E-state index contributed by atoms with van der Waals surface area (Å²) in [7, 11) is 0. The minimum Gasteiger partial charge on any atom is -0.369 e. The number of rotatable bonds is 2. The van der Waals surface area contributed by atoms with Crippen molar-refractivity contribution >= 4 is 24.6 Å². The minimum absolute atomic E-state index is 0. The molecule has 0 aromatic heterocycles. The van der Waals surface area contributed by atoms with Crippen molar-refractivity contribution in [2.24, 2.45) is 10.8 Å². The van der Waals surface area contributed by atoms with E-state index in [4.69, 9.17) is 11.1 Å². The molecule has 0 aliphatic carbocycles. The number of nitrogens with one attached hydrogen (secondary N) is 2. The van der Waals surface area contributed by atoms with E-state index in [1.165, 1.54) is 0 Å². The zero-order valence-electron chi connectivity index (χ0n) is 6.90. The molecule has 1 aromatic carbocycles. The molecule has 0 saturated heterocycles. The molecule has 0 saturated carbocycles. The lowest BCUT2D eigenvalue weighted by atomic mass is 10.2. The highest BCUT2D eigenvalue weighted by atomic mass is 35.5. The van der Waals surface area contributed by atoms with Crippen molar-refractivity contribution in [3.8, 4) is 0 Å². The molecule has 1 rings (SSSR count). The molecule has 0 amide bonds. The SMILES string of the molecule is Cl.N=C(N)NN=Cc1ccccc1. The van der Waals surface area contributed by atoms with Crippen molar-refractivity contribution < 1.29 is 0 Å². The number of hydrogen-bond donors (Lipinski definition) is 3. The number of halogens is 1. The Kier molecular flexibility index (Phi) is 5.30. The van der Waals surface area contributed by atoms with Crippen molar-refractivity contribution in [2.75, 3.05) is 0 Å². The average Bonchev–Trinajstić information content (AvgIpc) is 2.05. The fraction of sp³-hybridized carbons (Fsp3) is 0. The Morgan fingerprint density at radius 3 is 2.54 bits per heavy atom. The summed E-state index contributed by atoms with van der Waals surface area (Å²) in [4.78, 5) is 0. The lowest BCUT2D eigenvalue weighted by Crippen LogP contribution is -2.25. The molecule has 0 atom stereocenters. The van der Waals surface area contributed by atoms with Gasteiger partial charge in [0.05, 0.1) is 6.21 Å². The first-order chi connectivity index (χ1) is 5.79. The molecule has 1 aromatic rings. The van der Waals surface area contributed by atoms with Gasteiger partial charge in [0.2, 0.25) is 5.96 Å². The summed E-state index contributed by atoms with van der Waals surface area (Å²) < 4.78 is 0. The zero-order chi connectivity index (χ0) is 8.81. The molecule has 0 aliphatic rings. The Morgan fingerprint density at radius 1 is 1.38 bits per heavy atom. The van der Waals surface area contributed by atoms with Gasteiger partial charge in [0, 0.05) is 0 Å². The summed E-state index contributed by atoms with van der Waals surface area (Å²) in [6, 6.07) is 9.57. The van der Waals surface area contributed by atoms with Crippen LogP contribution in [-0.4, -0.2) is 12.2 Å². The minimum atomic E-state index is -0.165. The van der Waals surface area contributed by atoms with Crippen LogP contribution in [0.2, 0.25) is 0 Å². The molecule has 0 bridgehead atoms. The smallest absolute Gasteiger partial charge is 0.206 e. The molecule has 4 nitrogen and oxygen atoms in total. The third-order valence-electron chi connectivity index (χ3n) is 1.20. The van der Waals surface area contributed by atoms with Crippen LogP contribution in [0.4, 0.5) is 0 Å². The maximum Gasteiger partial charge on any atom is 0.206 e. The van der Waals surface area contributed by atoms with E-state index in [1.807, 2.05) is 30.3 Å². The van der Waals surface area contributed by atoms with Crippen LogP contribution in [0.25, 0.3) is 0 Å². The maximum atomic E-state index is 6.81. The Morgan fingerprint density at radius 2 is 2.00 bits per heavy atom. The molecule has 4 N–H and O–H groups in total. The van der Waals surface area contributed by atoms with Gasteiger partial charge >= 0.3 is 0 Å². The number of guanidine groups is 1. The standard InChI is InChI=1S/C8H10N4.ClH/c9-8(10)12-11-6-7-4-2-1-3-5-7;/h1-6H,(H4,9,10,12);1H. The first kappa shape index (κ1) is 11.4. The van der Waals surface area contributed by atoms with E-state index in [2.05, 4.69) is 10.5 Å². The predicted molar refractivity (Wildman–Crippen MR) is 56.3 cm³/mol. The fourth-order valence-corrected chi connectivity index (χ4v) is 0.715. The molecule has 0 spiro atoms. The first-order valence-electron chi connectivity index (χ1n) is 3.47. The van der Waals surface area contributed by atoms with Crippen LogP contribution in [0, 0.1) is 5.41 Å². The van der Waals surface area contributed by atoms with Gasteiger partial charge in [-0.2, -0.15) is 5.10 Å². The molecule has 5 heteroatoms.